The van der Waals surface area contributed by atoms with Crippen LogP contribution in [0.2, 0.25) is 0 Å². The minimum atomic E-state index is 1.05. The molecule has 2 heterocycles. The Kier molecular flexibility index (Phi) is 1.86. The molecule has 0 atom stereocenters. The highest BCUT2D eigenvalue weighted by atomic mass is 14.9. The van der Waals surface area contributed by atoms with Crippen LogP contribution in [0, 0.1) is 0 Å². The van der Waals surface area contributed by atoms with Crippen molar-refractivity contribution in [1.82, 2.24) is 5.32 Å². The molecular formula is C9H12N2. The van der Waals surface area contributed by atoms with Crippen molar-refractivity contribution in [2.45, 2.75) is 12.8 Å². The zero-order valence-electron chi connectivity index (χ0n) is 6.51. The first kappa shape index (κ1) is 6.80. The maximum absolute atomic E-state index is 4.28. The van der Waals surface area contributed by atoms with Crippen LogP contribution in [0.15, 0.2) is 28.4 Å². The number of hydrogen-bond donors (Lipinski definition) is 1. The summed E-state index contributed by atoms with van der Waals surface area (Å²) in [5, 5.41) is 3.20. The van der Waals surface area contributed by atoms with Gasteiger partial charge in [0.2, 0.25) is 0 Å². The van der Waals surface area contributed by atoms with E-state index in [4.69, 9.17) is 0 Å². The second-order valence-electron chi connectivity index (χ2n) is 2.92. The molecule has 2 rings (SSSR count). The van der Waals surface area contributed by atoms with Gasteiger partial charge in [-0.15, -0.1) is 0 Å². The van der Waals surface area contributed by atoms with E-state index < -0.39 is 0 Å². The van der Waals surface area contributed by atoms with E-state index >= 15 is 0 Å². The number of nitrogens with one attached hydrogen (secondary N) is 1. The summed E-state index contributed by atoms with van der Waals surface area (Å²) in [5.74, 6) is 0. The second-order valence-corrected chi connectivity index (χ2v) is 2.92. The Labute approximate surface area is 66.7 Å². The van der Waals surface area contributed by atoms with Gasteiger partial charge in [-0.25, -0.2) is 0 Å². The summed E-state index contributed by atoms with van der Waals surface area (Å²) in [7, 11) is 0. The van der Waals surface area contributed by atoms with Crippen molar-refractivity contribution in [3.63, 3.8) is 0 Å². The Bertz CT molecular complexity index is 230. The number of nitrogens with zero attached hydrogens (tertiary/aromatic N) is 1. The third kappa shape index (κ3) is 1.57. The normalized spacial score (nSPS) is 22.5. The van der Waals surface area contributed by atoms with E-state index in [2.05, 4.69) is 22.5 Å². The third-order valence-corrected chi connectivity index (χ3v) is 1.95. The largest absolute Gasteiger partial charge is 0.309 e. The lowest BCUT2D eigenvalue weighted by atomic mass is 10.1. The summed E-state index contributed by atoms with van der Waals surface area (Å²) in [6.07, 6.45) is 8.64. The van der Waals surface area contributed by atoms with Crippen molar-refractivity contribution >= 4 is 6.21 Å². The highest BCUT2D eigenvalue weighted by Gasteiger charge is 2.07. The first-order chi connectivity index (χ1) is 5.45. The van der Waals surface area contributed by atoms with Gasteiger partial charge in [0.15, 0.2) is 0 Å². The molecule has 1 N–H and O–H groups in total. The van der Waals surface area contributed by atoms with Crippen LogP contribution in [0.5, 0.6) is 0 Å². The number of allylic oxidation sites excluding steroid dienone is 2. The summed E-state index contributed by atoms with van der Waals surface area (Å²) in [6.45, 7) is 2.10. The molecule has 0 aromatic heterocycles. The van der Waals surface area contributed by atoms with E-state index in [-0.39, 0.29) is 0 Å². The maximum Gasteiger partial charge on any atom is 0.0586 e. The van der Waals surface area contributed by atoms with Crippen LogP contribution in [0.3, 0.4) is 0 Å². The molecule has 0 bridgehead atoms. The van der Waals surface area contributed by atoms with Gasteiger partial charge in [0.05, 0.1) is 5.70 Å². The van der Waals surface area contributed by atoms with Crippen LogP contribution < -0.4 is 5.32 Å². The van der Waals surface area contributed by atoms with Crippen molar-refractivity contribution in [2.75, 3.05) is 13.1 Å². The van der Waals surface area contributed by atoms with Crippen molar-refractivity contribution in [3.05, 3.63) is 23.4 Å². The van der Waals surface area contributed by atoms with Crippen LogP contribution in [0.25, 0.3) is 0 Å². The van der Waals surface area contributed by atoms with E-state index in [9.17, 15) is 0 Å². The Balaban J connectivity index is 2.04. The lowest BCUT2D eigenvalue weighted by molar-refractivity contribution is 0.667. The highest BCUT2D eigenvalue weighted by Crippen LogP contribution is 2.12. The quantitative estimate of drug-likeness (QED) is 0.595. The van der Waals surface area contributed by atoms with Crippen molar-refractivity contribution < 1.29 is 0 Å². The van der Waals surface area contributed by atoms with Crippen LogP contribution in [-0.4, -0.2) is 19.3 Å². The Hall–Kier alpha value is -0.890. The molecule has 58 valence electrons. The monoisotopic (exact) mass is 148 g/mol. The zero-order chi connectivity index (χ0) is 7.52. The molecule has 2 aliphatic rings. The molecule has 0 radical (unpaired) electrons. The molecule has 2 heteroatoms. The van der Waals surface area contributed by atoms with Crippen LogP contribution in [0.4, 0.5) is 0 Å². The van der Waals surface area contributed by atoms with Gasteiger partial charge < -0.3 is 5.32 Å². The summed E-state index contributed by atoms with van der Waals surface area (Å²) in [6, 6.07) is 0. The fraction of sp³-hybridized carbons (Fsp3) is 0.444. The van der Waals surface area contributed by atoms with Crippen molar-refractivity contribution in [1.29, 1.82) is 0 Å². The minimum Gasteiger partial charge on any atom is -0.309 e. The molecule has 2 nitrogen and oxygen atoms in total. The minimum absolute atomic E-state index is 1.05. The van der Waals surface area contributed by atoms with Crippen molar-refractivity contribution in [3.8, 4) is 0 Å². The fourth-order valence-corrected chi connectivity index (χ4v) is 1.21. The SMILES string of the molecule is C1=NC(C=C2CNC2)=CCC1. The molecule has 0 saturated carbocycles. The van der Waals surface area contributed by atoms with Gasteiger partial charge in [-0.2, -0.15) is 0 Å². The Morgan fingerprint density at radius 3 is 2.82 bits per heavy atom. The van der Waals surface area contributed by atoms with E-state index in [0.717, 1.165) is 31.6 Å². The highest BCUT2D eigenvalue weighted by molar-refractivity contribution is 5.61. The van der Waals surface area contributed by atoms with Crippen LogP contribution in [-0.2, 0) is 0 Å². The molecule has 0 aliphatic carbocycles. The van der Waals surface area contributed by atoms with Gasteiger partial charge >= 0.3 is 0 Å². The lowest BCUT2D eigenvalue weighted by Crippen LogP contribution is -2.33. The molecule has 0 amide bonds. The first-order valence-electron chi connectivity index (χ1n) is 4.08. The smallest absolute Gasteiger partial charge is 0.0586 e. The summed E-state index contributed by atoms with van der Waals surface area (Å²) >= 11 is 0. The van der Waals surface area contributed by atoms with Crippen molar-refractivity contribution in [2.24, 2.45) is 4.99 Å². The number of aliphatic imine (C=N–C) groups is 1. The average Bonchev–Trinajstić information content (AvgIpc) is 1.99. The third-order valence-electron chi connectivity index (χ3n) is 1.95. The molecule has 1 fully saturated rings. The van der Waals surface area contributed by atoms with Gasteiger partial charge in [-0.05, 0) is 24.5 Å². The molecule has 0 aromatic carbocycles. The predicted octanol–water partition coefficient (Wildman–Crippen LogP) is 1.26. The Morgan fingerprint density at radius 2 is 2.27 bits per heavy atom. The zero-order valence-corrected chi connectivity index (χ0v) is 6.51. The standard InChI is InChI=1S/C9H12N2/c1-2-4-11-9(3-1)5-8-6-10-7-8/h3-5,10H,1-2,6-7H2. The van der Waals surface area contributed by atoms with Gasteiger partial charge in [-0.3, -0.25) is 4.99 Å². The van der Waals surface area contributed by atoms with Gasteiger partial charge in [0.25, 0.3) is 0 Å². The predicted molar refractivity (Wildman–Crippen MR) is 46.8 cm³/mol. The average molecular weight is 148 g/mol. The van der Waals surface area contributed by atoms with Gasteiger partial charge in [-0.1, -0.05) is 6.08 Å². The first-order valence-corrected chi connectivity index (χ1v) is 4.08. The van der Waals surface area contributed by atoms with Crippen LogP contribution in [0.1, 0.15) is 12.8 Å². The number of rotatable bonds is 1. The van der Waals surface area contributed by atoms with E-state index in [1.54, 1.807) is 0 Å². The molecule has 0 spiro atoms. The number of hydrogen-bond acceptors (Lipinski definition) is 2. The summed E-state index contributed by atoms with van der Waals surface area (Å²) in [5.41, 5.74) is 2.61. The van der Waals surface area contributed by atoms with Gasteiger partial charge in [0, 0.05) is 19.3 Å². The molecular weight excluding hydrogens is 136 g/mol. The fourth-order valence-electron chi connectivity index (χ4n) is 1.21. The van der Waals surface area contributed by atoms with Gasteiger partial charge in [0.1, 0.15) is 0 Å². The second kappa shape index (κ2) is 3.01. The summed E-state index contributed by atoms with van der Waals surface area (Å²) in [4.78, 5) is 4.28. The van der Waals surface area contributed by atoms with E-state index in [1.807, 2.05) is 6.21 Å². The molecule has 0 aromatic rings. The van der Waals surface area contributed by atoms with E-state index in [0.29, 0.717) is 0 Å². The molecule has 11 heavy (non-hydrogen) atoms. The molecule has 2 aliphatic heterocycles. The maximum atomic E-state index is 4.28. The van der Waals surface area contributed by atoms with E-state index in [1.165, 1.54) is 5.57 Å². The molecule has 0 unspecified atom stereocenters. The topological polar surface area (TPSA) is 24.4 Å². The van der Waals surface area contributed by atoms with Crippen LogP contribution >= 0.6 is 0 Å². The summed E-state index contributed by atoms with van der Waals surface area (Å²) < 4.78 is 0. The lowest BCUT2D eigenvalue weighted by Gasteiger charge is -2.18. The Morgan fingerprint density at radius 1 is 1.36 bits per heavy atom. The molecule has 1 saturated heterocycles.